The minimum Gasteiger partial charge on any atom is -0.376 e. The number of ether oxygens (including phenoxy) is 4. The van der Waals surface area contributed by atoms with Gasteiger partial charge in [-0.25, -0.2) is 0 Å². The maximum Gasteiger partial charge on any atom is 0.183 e. The van der Waals surface area contributed by atoms with Crippen molar-refractivity contribution in [1.82, 2.24) is 0 Å². The minimum atomic E-state index is -0.943. The molecule has 78 valence electrons. The Hall–Kier alpha value is -0.200. The van der Waals surface area contributed by atoms with E-state index >= 15 is 0 Å². The van der Waals surface area contributed by atoms with Gasteiger partial charge in [-0.15, -0.1) is 0 Å². The van der Waals surface area contributed by atoms with Gasteiger partial charge in [-0.05, 0) is 0 Å². The standard InChI is InChI=1S/C8H16O5/c1-10-5-4-13-8(9)7(12-3)6(5)11-2/h5-9H,4H2,1-3H3/t5-,6+,7+,8?/m0/s1. The molecule has 0 aliphatic carbocycles. The average molecular weight is 192 g/mol. The highest BCUT2D eigenvalue weighted by Crippen LogP contribution is 2.20. The lowest BCUT2D eigenvalue weighted by Crippen LogP contribution is -2.55. The largest absolute Gasteiger partial charge is 0.376 e. The number of rotatable bonds is 3. The lowest BCUT2D eigenvalue weighted by atomic mass is 10.1. The van der Waals surface area contributed by atoms with Gasteiger partial charge in [-0.1, -0.05) is 0 Å². The molecule has 0 aromatic rings. The maximum atomic E-state index is 9.40. The fourth-order valence-corrected chi connectivity index (χ4v) is 1.50. The molecular weight excluding hydrogens is 176 g/mol. The second-order valence-corrected chi connectivity index (χ2v) is 2.90. The average Bonchev–Trinajstić information content (AvgIpc) is 2.17. The normalized spacial score (nSPS) is 40.6. The van der Waals surface area contributed by atoms with Crippen molar-refractivity contribution in [2.45, 2.75) is 24.6 Å². The lowest BCUT2D eigenvalue weighted by molar-refractivity contribution is -0.267. The molecule has 5 nitrogen and oxygen atoms in total. The first kappa shape index (κ1) is 10.9. The Morgan fingerprint density at radius 2 is 1.69 bits per heavy atom. The third kappa shape index (κ3) is 2.18. The number of aliphatic hydroxyl groups is 1. The van der Waals surface area contributed by atoms with E-state index in [-0.39, 0.29) is 12.2 Å². The van der Waals surface area contributed by atoms with Gasteiger partial charge in [0.25, 0.3) is 0 Å². The molecule has 0 saturated carbocycles. The molecule has 13 heavy (non-hydrogen) atoms. The van der Waals surface area contributed by atoms with Crippen LogP contribution < -0.4 is 0 Å². The summed E-state index contributed by atoms with van der Waals surface area (Å²) in [6.07, 6.45) is -1.93. The van der Waals surface area contributed by atoms with Crippen molar-refractivity contribution in [1.29, 1.82) is 0 Å². The summed E-state index contributed by atoms with van der Waals surface area (Å²) in [4.78, 5) is 0. The third-order valence-corrected chi connectivity index (χ3v) is 2.25. The summed E-state index contributed by atoms with van der Waals surface area (Å²) >= 11 is 0. The molecule has 0 aromatic heterocycles. The fraction of sp³-hybridized carbons (Fsp3) is 1.00. The Kier molecular flexibility index (Phi) is 4.08. The molecule has 0 aromatic carbocycles. The number of hydrogen-bond donors (Lipinski definition) is 1. The van der Waals surface area contributed by atoms with Gasteiger partial charge < -0.3 is 24.1 Å². The quantitative estimate of drug-likeness (QED) is 0.646. The summed E-state index contributed by atoms with van der Waals surface area (Å²) in [6, 6.07) is 0. The zero-order chi connectivity index (χ0) is 9.84. The molecule has 1 aliphatic rings. The lowest BCUT2D eigenvalue weighted by Gasteiger charge is -2.38. The fourth-order valence-electron chi connectivity index (χ4n) is 1.50. The van der Waals surface area contributed by atoms with Gasteiger partial charge in [0, 0.05) is 21.3 Å². The number of methoxy groups -OCH3 is 3. The molecule has 0 bridgehead atoms. The molecule has 0 spiro atoms. The third-order valence-electron chi connectivity index (χ3n) is 2.25. The Morgan fingerprint density at radius 3 is 2.15 bits per heavy atom. The molecule has 0 radical (unpaired) electrons. The molecule has 1 N–H and O–H groups in total. The van der Waals surface area contributed by atoms with E-state index in [2.05, 4.69) is 0 Å². The zero-order valence-corrected chi connectivity index (χ0v) is 8.10. The topological polar surface area (TPSA) is 57.2 Å². The monoisotopic (exact) mass is 192 g/mol. The maximum absolute atomic E-state index is 9.40. The van der Waals surface area contributed by atoms with Gasteiger partial charge in [-0.3, -0.25) is 0 Å². The molecule has 5 heteroatoms. The molecule has 4 atom stereocenters. The predicted octanol–water partition coefficient (Wildman–Crippen LogP) is -0.620. The van der Waals surface area contributed by atoms with E-state index in [1.54, 1.807) is 14.2 Å². The number of aliphatic hydroxyl groups excluding tert-OH is 1. The van der Waals surface area contributed by atoms with Crippen molar-refractivity contribution in [3.8, 4) is 0 Å². The Morgan fingerprint density at radius 1 is 1.08 bits per heavy atom. The van der Waals surface area contributed by atoms with Crippen LogP contribution in [-0.2, 0) is 18.9 Å². The van der Waals surface area contributed by atoms with Gasteiger partial charge in [0.05, 0.1) is 6.61 Å². The van der Waals surface area contributed by atoms with Gasteiger partial charge in [0.15, 0.2) is 6.29 Å². The molecule has 0 amide bonds. The van der Waals surface area contributed by atoms with Crippen LogP contribution >= 0.6 is 0 Å². The van der Waals surface area contributed by atoms with E-state index in [0.29, 0.717) is 6.61 Å². The SMILES string of the molecule is CO[C@@H]1[C@@H](OC)COC(O)[C@@H]1OC. The first-order valence-corrected chi connectivity index (χ1v) is 4.12. The minimum absolute atomic E-state index is 0.196. The summed E-state index contributed by atoms with van der Waals surface area (Å²) in [6.45, 7) is 0.316. The van der Waals surface area contributed by atoms with Gasteiger partial charge in [-0.2, -0.15) is 0 Å². The Bertz CT molecular complexity index is 151. The van der Waals surface area contributed by atoms with Crippen molar-refractivity contribution < 1.29 is 24.1 Å². The van der Waals surface area contributed by atoms with E-state index in [1.165, 1.54) is 7.11 Å². The molecule has 1 unspecified atom stereocenters. The van der Waals surface area contributed by atoms with E-state index in [0.717, 1.165) is 0 Å². The van der Waals surface area contributed by atoms with Crippen LogP contribution in [0.5, 0.6) is 0 Å². The van der Waals surface area contributed by atoms with Crippen molar-refractivity contribution in [3.05, 3.63) is 0 Å². The van der Waals surface area contributed by atoms with Gasteiger partial charge in [0.2, 0.25) is 0 Å². The van der Waals surface area contributed by atoms with Crippen molar-refractivity contribution in [3.63, 3.8) is 0 Å². The summed E-state index contributed by atoms with van der Waals surface area (Å²) in [5.41, 5.74) is 0. The smallest absolute Gasteiger partial charge is 0.183 e. The highest BCUT2D eigenvalue weighted by molar-refractivity contribution is 4.85. The van der Waals surface area contributed by atoms with Crippen LogP contribution in [0.2, 0.25) is 0 Å². The van der Waals surface area contributed by atoms with E-state index in [9.17, 15) is 5.11 Å². The van der Waals surface area contributed by atoms with Crippen LogP contribution in [0.3, 0.4) is 0 Å². The predicted molar refractivity (Wildman–Crippen MR) is 44.3 cm³/mol. The van der Waals surface area contributed by atoms with Crippen molar-refractivity contribution in [2.75, 3.05) is 27.9 Å². The highest BCUT2D eigenvalue weighted by Gasteiger charge is 2.40. The zero-order valence-electron chi connectivity index (χ0n) is 8.10. The summed E-state index contributed by atoms with van der Waals surface area (Å²) in [7, 11) is 4.63. The van der Waals surface area contributed by atoms with Crippen molar-refractivity contribution in [2.24, 2.45) is 0 Å². The Labute approximate surface area is 77.5 Å². The summed E-state index contributed by atoms with van der Waals surface area (Å²) < 4.78 is 20.4. The second kappa shape index (κ2) is 4.88. The first-order chi connectivity index (χ1) is 6.24. The van der Waals surface area contributed by atoms with E-state index in [4.69, 9.17) is 18.9 Å². The van der Waals surface area contributed by atoms with Crippen LogP contribution in [0, 0.1) is 0 Å². The first-order valence-electron chi connectivity index (χ1n) is 4.12. The highest BCUT2D eigenvalue weighted by atomic mass is 16.7. The van der Waals surface area contributed by atoms with E-state index < -0.39 is 12.4 Å². The molecule has 1 heterocycles. The second-order valence-electron chi connectivity index (χ2n) is 2.90. The van der Waals surface area contributed by atoms with Crippen LogP contribution in [0.4, 0.5) is 0 Å². The molecule has 1 aliphatic heterocycles. The van der Waals surface area contributed by atoms with Gasteiger partial charge >= 0.3 is 0 Å². The van der Waals surface area contributed by atoms with Crippen LogP contribution in [0.25, 0.3) is 0 Å². The summed E-state index contributed by atoms with van der Waals surface area (Å²) in [5.74, 6) is 0. The van der Waals surface area contributed by atoms with Crippen LogP contribution in [-0.4, -0.2) is 57.6 Å². The number of hydrogen-bond acceptors (Lipinski definition) is 5. The van der Waals surface area contributed by atoms with Crippen LogP contribution in [0.1, 0.15) is 0 Å². The van der Waals surface area contributed by atoms with Gasteiger partial charge in [0.1, 0.15) is 18.3 Å². The molecular formula is C8H16O5. The molecule has 1 saturated heterocycles. The van der Waals surface area contributed by atoms with Crippen molar-refractivity contribution >= 4 is 0 Å². The summed E-state index contributed by atoms with van der Waals surface area (Å²) in [5, 5.41) is 9.40. The van der Waals surface area contributed by atoms with Crippen LogP contribution in [0.15, 0.2) is 0 Å². The molecule has 1 rings (SSSR count). The van der Waals surface area contributed by atoms with E-state index in [1.807, 2.05) is 0 Å². The Balaban J connectivity index is 2.64. The molecule has 1 fully saturated rings.